The fourth-order valence-electron chi connectivity index (χ4n) is 3.12. The molecule has 0 unspecified atom stereocenters. The summed E-state index contributed by atoms with van der Waals surface area (Å²) in [5.41, 5.74) is 9.01. The Balaban J connectivity index is 2.14. The lowest BCUT2D eigenvalue weighted by Gasteiger charge is -2.24. The van der Waals surface area contributed by atoms with Crippen LogP contribution in [0.5, 0.6) is 0 Å². The number of aromatic nitrogens is 2. The number of nitrogens with two attached hydrogens (primary N) is 1. The van der Waals surface area contributed by atoms with E-state index in [1.54, 1.807) is 0 Å². The number of hydrogen-bond donors (Lipinski definition) is 2. The number of para-hydroxylation sites is 1. The van der Waals surface area contributed by atoms with Crippen LogP contribution >= 0.6 is 0 Å². The van der Waals surface area contributed by atoms with E-state index < -0.39 is 0 Å². The number of aromatic amines is 1. The minimum Gasteiger partial charge on any atom is -0.397 e. The lowest BCUT2D eigenvalue weighted by Crippen LogP contribution is -2.22. The molecule has 0 aliphatic heterocycles. The van der Waals surface area contributed by atoms with E-state index in [1.165, 1.54) is 25.7 Å². The van der Waals surface area contributed by atoms with Crippen LogP contribution < -0.4 is 5.73 Å². The molecule has 3 heteroatoms. The van der Waals surface area contributed by atoms with Crippen molar-refractivity contribution in [2.24, 2.45) is 0 Å². The van der Waals surface area contributed by atoms with E-state index in [0.29, 0.717) is 0 Å². The summed E-state index contributed by atoms with van der Waals surface area (Å²) in [6.45, 7) is 2.27. The van der Waals surface area contributed by atoms with Gasteiger partial charge in [-0.25, -0.2) is 4.98 Å². The third-order valence-electron chi connectivity index (χ3n) is 4.28. The highest BCUT2D eigenvalue weighted by molar-refractivity contribution is 5.87. The summed E-state index contributed by atoms with van der Waals surface area (Å²) in [5.74, 6) is 1.14. The van der Waals surface area contributed by atoms with Gasteiger partial charge in [-0.1, -0.05) is 25.8 Å². The number of nitrogen functional groups attached to an aromatic ring is 1. The lowest BCUT2D eigenvalue weighted by molar-refractivity contribution is 0.403. The number of imidazole rings is 1. The van der Waals surface area contributed by atoms with Crippen LogP contribution in [0.4, 0.5) is 5.69 Å². The Morgan fingerprint density at radius 2 is 2.12 bits per heavy atom. The first-order valence-electron chi connectivity index (χ1n) is 6.50. The van der Waals surface area contributed by atoms with Gasteiger partial charge in [0.25, 0.3) is 0 Å². The molecule has 1 aromatic heterocycles. The van der Waals surface area contributed by atoms with Crippen LogP contribution in [0, 0.1) is 0 Å². The summed E-state index contributed by atoms with van der Waals surface area (Å²) >= 11 is 0. The maximum Gasteiger partial charge on any atom is 0.113 e. The predicted molar refractivity (Wildman–Crippen MR) is 70.9 cm³/mol. The molecule has 0 bridgehead atoms. The van der Waals surface area contributed by atoms with Gasteiger partial charge in [0.1, 0.15) is 11.3 Å². The number of anilines is 1. The van der Waals surface area contributed by atoms with Crippen molar-refractivity contribution in [3.8, 4) is 0 Å². The second kappa shape index (κ2) is 3.76. The third kappa shape index (κ3) is 1.53. The Morgan fingerprint density at radius 3 is 2.76 bits per heavy atom. The molecule has 17 heavy (non-hydrogen) atoms. The molecule has 1 fully saturated rings. The molecule has 90 valence electrons. The average molecular weight is 229 g/mol. The van der Waals surface area contributed by atoms with Crippen LogP contribution in [0.15, 0.2) is 18.2 Å². The van der Waals surface area contributed by atoms with Crippen molar-refractivity contribution in [2.75, 3.05) is 5.73 Å². The smallest absolute Gasteiger partial charge is 0.113 e. The number of H-pyrrole nitrogens is 1. The van der Waals surface area contributed by atoms with Crippen LogP contribution in [0.25, 0.3) is 11.0 Å². The van der Waals surface area contributed by atoms with Crippen LogP contribution in [0.1, 0.15) is 44.9 Å². The zero-order valence-electron chi connectivity index (χ0n) is 10.3. The number of benzene rings is 1. The Labute approximate surface area is 101 Å². The number of nitrogens with one attached hydrogen (secondary N) is 1. The van der Waals surface area contributed by atoms with Crippen molar-refractivity contribution in [3.63, 3.8) is 0 Å². The molecule has 3 N–H and O–H groups in total. The minimum atomic E-state index is 0.269. The molecule has 1 aliphatic rings. The van der Waals surface area contributed by atoms with Crippen molar-refractivity contribution in [1.82, 2.24) is 9.97 Å². The second-order valence-electron chi connectivity index (χ2n) is 5.17. The normalized spacial score (nSPS) is 18.9. The third-order valence-corrected chi connectivity index (χ3v) is 4.28. The largest absolute Gasteiger partial charge is 0.397 e. The van der Waals surface area contributed by atoms with Crippen molar-refractivity contribution >= 4 is 16.7 Å². The van der Waals surface area contributed by atoms with Gasteiger partial charge in [0.2, 0.25) is 0 Å². The van der Waals surface area contributed by atoms with E-state index in [1.807, 2.05) is 12.1 Å². The fraction of sp³-hybridized carbons (Fsp3) is 0.500. The topological polar surface area (TPSA) is 54.7 Å². The van der Waals surface area contributed by atoms with E-state index in [0.717, 1.165) is 29.0 Å². The quantitative estimate of drug-likeness (QED) is 0.776. The Bertz CT molecular complexity index is 535. The van der Waals surface area contributed by atoms with E-state index in [9.17, 15) is 0 Å². The highest BCUT2D eigenvalue weighted by atomic mass is 15.0. The number of fused-ring (bicyclic) bond motifs is 1. The van der Waals surface area contributed by atoms with Gasteiger partial charge in [-0.05, 0) is 31.4 Å². The zero-order valence-corrected chi connectivity index (χ0v) is 10.3. The van der Waals surface area contributed by atoms with Gasteiger partial charge in [0, 0.05) is 5.41 Å². The van der Waals surface area contributed by atoms with Crippen molar-refractivity contribution in [1.29, 1.82) is 0 Å². The molecule has 0 radical (unpaired) electrons. The van der Waals surface area contributed by atoms with Gasteiger partial charge in [0.05, 0.1) is 11.2 Å². The number of nitrogens with zero attached hydrogens (tertiary/aromatic N) is 1. The van der Waals surface area contributed by atoms with Crippen LogP contribution in [-0.2, 0) is 5.41 Å². The highest BCUT2D eigenvalue weighted by Crippen LogP contribution is 2.43. The summed E-state index contributed by atoms with van der Waals surface area (Å²) in [6.07, 6.45) is 6.31. The lowest BCUT2D eigenvalue weighted by atomic mass is 9.83. The average Bonchev–Trinajstić information content (AvgIpc) is 2.96. The summed E-state index contributed by atoms with van der Waals surface area (Å²) in [6, 6.07) is 5.95. The maximum absolute atomic E-state index is 5.97. The van der Waals surface area contributed by atoms with Gasteiger partial charge in [-0.2, -0.15) is 0 Å². The zero-order chi connectivity index (χ0) is 11.9. The fourth-order valence-corrected chi connectivity index (χ4v) is 3.12. The Morgan fingerprint density at radius 1 is 1.35 bits per heavy atom. The number of hydrogen-bond acceptors (Lipinski definition) is 2. The van der Waals surface area contributed by atoms with Gasteiger partial charge in [0.15, 0.2) is 0 Å². The van der Waals surface area contributed by atoms with Gasteiger partial charge >= 0.3 is 0 Å². The molecule has 3 nitrogen and oxygen atoms in total. The first-order valence-corrected chi connectivity index (χ1v) is 6.50. The standard InChI is InChI=1S/C14H19N3/c1-2-14(8-3-4-9-14)13-16-11-7-5-6-10(15)12(11)17-13/h5-7H,2-4,8-9,15H2,1H3,(H,16,17). The van der Waals surface area contributed by atoms with E-state index in [-0.39, 0.29) is 5.41 Å². The van der Waals surface area contributed by atoms with Gasteiger partial charge < -0.3 is 10.7 Å². The molecule has 0 spiro atoms. The molecule has 2 aromatic rings. The van der Waals surface area contributed by atoms with Crippen LogP contribution in [0.2, 0.25) is 0 Å². The summed E-state index contributed by atoms with van der Waals surface area (Å²) in [5, 5.41) is 0. The molecule has 0 amide bonds. The maximum atomic E-state index is 5.97. The SMILES string of the molecule is CCC1(c2nc3c(N)cccc3[nH]2)CCCC1. The molecule has 0 atom stereocenters. The van der Waals surface area contributed by atoms with Gasteiger partial charge in [-0.15, -0.1) is 0 Å². The summed E-state index contributed by atoms with van der Waals surface area (Å²) in [7, 11) is 0. The minimum absolute atomic E-state index is 0.269. The van der Waals surface area contributed by atoms with Crippen LogP contribution in [-0.4, -0.2) is 9.97 Å². The molecular formula is C14H19N3. The van der Waals surface area contributed by atoms with Crippen molar-refractivity contribution in [2.45, 2.75) is 44.4 Å². The Hall–Kier alpha value is -1.51. The molecule has 1 saturated carbocycles. The second-order valence-corrected chi connectivity index (χ2v) is 5.17. The first-order chi connectivity index (χ1) is 8.25. The van der Waals surface area contributed by atoms with E-state index in [2.05, 4.69) is 18.0 Å². The number of rotatable bonds is 2. The molecule has 1 aromatic carbocycles. The molecule has 3 rings (SSSR count). The highest BCUT2D eigenvalue weighted by Gasteiger charge is 2.36. The molecular weight excluding hydrogens is 210 g/mol. The predicted octanol–water partition coefficient (Wildman–Crippen LogP) is 3.37. The molecule has 1 heterocycles. The Kier molecular flexibility index (Phi) is 2.35. The van der Waals surface area contributed by atoms with E-state index in [4.69, 9.17) is 10.7 Å². The van der Waals surface area contributed by atoms with E-state index >= 15 is 0 Å². The van der Waals surface area contributed by atoms with Crippen molar-refractivity contribution < 1.29 is 0 Å². The first kappa shape index (κ1) is 10.6. The monoisotopic (exact) mass is 229 g/mol. The van der Waals surface area contributed by atoms with Crippen molar-refractivity contribution in [3.05, 3.63) is 24.0 Å². The van der Waals surface area contributed by atoms with Crippen LogP contribution in [0.3, 0.4) is 0 Å². The molecule has 0 saturated heterocycles. The summed E-state index contributed by atoms with van der Waals surface area (Å²) in [4.78, 5) is 8.24. The molecule has 1 aliphatic carbocycles. The van der Waals surface area contributed by atoms with Gasteiger partial charge in [-0.3, -0.25) is 0 Å². The summed E-state index contributed by atoms with van der Waals surface area (Å²) < 4.78 is 0.